The molecule has 1 amide bonds. The van der Waals surface area contributed by atoms with Crippen molar-refractivity contribution in [1.82, 2.24) is 9.47 Å². The highest BCUT2D eigenvalue weighted by Gasteiger charge is 2.24. The third-order valence-electron chi connectivity index (χ3n) is 5.90. The molecule has 1 saturated heterocycles. The molecule has 2 aromatic rings. The van der Waals surface area contributed by atoms with Crippen LogP contribution in [0.1, 0.15) is 53.0 Å². The second kappa shape index (κ2) is 9.35. The van der Waals surface area contributed by atoms with Crippen molar-refractivity contribution < 1.29 is 14.0 Å². The normalized spacial score (nSPS) is 17.4. The number of piperidine rings is 1. The number of carbonyl (C=O) groups is 2. The molecule has 156 valence electrons. The van der Waals surface area contributed by atoms with Crippen LogP contribution in [0.3, 0.4) is 0 Å². The molecule has 1 atom stereocenters. The zero-order chi connectivity index (χ0) is 21.0. The number of ketones is 1. The number of nitrogens with zero attached hydrogens (tertiary/aromatic N) is 2. The maximum Gasteiger partial charge on any atom is 0.217 e. The van der Waals surface area contributed by atoms with Crippen molar-refractivity contribution in [3.05, 3.63) is 58.7 Å². The molecule has 3 rings (SSSR count). The smallest absolute Gasteiger partial charge is 0.217 e. The van der Waals surface area contributed by atoms with Gasteiger partial charge >= 0.3 is 0 Å². The first-order valence-electron chi connectivity index (χ1n) is 10.3. The third kappa shape index (κ3) is 5.54. The first-order valence-corrected chi connectivity index (χ1v) is 10.3. The third-order valence-corrected chi connectivity index (χ3v) is 5.90. The average molecular weight is 400 g/mol. The summed E-state index contributed by atoms with van der Waals surface area (Å²) in [6.45, 7) is 6.72. The quantitative estimate of drug-likeness (QED) is 0.691. The van der Waals surface area contributed by atoms with E-state index in [0.29, 0.717) is 25.4 Å². The second-order valence-corrected chi connectivity index (χ2v) is 8.17. The van der Waals surface area contributed by atoms with Gasteiger partial charge < -0.3 is 10.3 Å². The fourth-order valence-electron chi connectivity index (χ4n) is 4.26. The van der Waals surface area contributed by atoms with Gasteiger partial charge in [0.2, 0.25) is 5.91 Å². The zero-order valence-corrected chi connectivity index (χ0v) is 17.3. The Kier molecular flexibility index (Phi) is 6.85. The molecule has 0 spiro atoms. The summed E-state index contributed by atoms with van der Waals surface area (Å²) in [6.07, 6.45) is 3.34. The van der Waals surface area contributed by atoms with Gasteiger partial charge in [0.15, 0.2) is 5.78 Å². The van der Waals surface area contributed by atoms with E-state index in [2.05, 4.69) is 9.47 Å². The lowest BCUT2D eigenvalue weighted by Gasteiger charge is -2.32. The van der Waals surface area contributed by atoms with Gasteiger partial charge in [-0.25, -0.2) is 4.39 Å². The van der Waals surface area contributed by atoms with Crippen LogP contribution in [0.4, 0.5) is 4.39 Å². The molecule has 0 saturated carbocycles. The number of likely N-dealkylation sites (tertiary alicyclic amines) is 1. The van der Waals surface area contributed by atoms with Gasteiger partial charge in [-0.1, -0.05) is 12.1 Å². The molecule has 1 aromatic carbocycles. The summed E-state index contributed by atoms with van der Waals surface area (Å²) >= 11 is 0. The van der Waals surface area contributed by atoms with Gasteiger partial charge in [-0.2, -0.15) is 0 Å². The number of amides is 1. The van der Waals surface area contributed by atoms with E-state index >= 15 is 0 Å². The monoisotopic (exact) mass is 399 g/mol. The fourth-order valence-corrected chi connectivity index (χ4v) is 4.26. The summed E-state index contributed by atoms with van der Waals surface area (Å²) in [7, 11) is 0. The number of hydrogen-bond acceptors (Lipinski definition) is 3. The molecule has 5 nitrogen and oxygen atoms in total. The number of carbonyl (C=O) groups excluding carboxylic acids is 2. The fraction of sp³-hybridized carbons (Fsp3) is 0.478. The first kappa shape index (κ1) is 21.2. The van der Waals surface area contributed by atoms with Crippen LogP contribution in [0.15, 0.2) is 30.3 Å². The zero-order valence-electron chi connectivity index (χ0n) is 17.3. The minimum Gasteiger partial charge on any atom is -0.370 e. The molecule has 0 bridgehead atoms. The van der Waals surface area contributed by atoms with E-state index in [4.69, 9.17) is 5.73 Å². The lowest BCUT2D eigenvalue weighted by molar-refractivity contribution is -0.118. The van der Waals surface area contributed by atoms with Gasteiger partial charge in [0, 0.05) is 36.5 Å². The maximum atomic E-state index is 13.2. The van der Waals surface area contributed by atoms with Crippen molar-refractivity contribution in [2.24, 2.45) is 11.7 Å². The molecule has 0 aliphatic carbocycles. The van der Waals surface area contributed by atoms with Crippen molar-refractivity contribution in [1.29, 1.82) is 0 Å². The SMILES string of the molecule is Cc1cc(C(=O)CN2CCCC(CCC(N)=O)C2)c(C)n1Cc1ccc(F)cc1. The van der Waals surface area contributed by atoms with Gasteiger partial charge in [0.25, 0.3) is 0 Å². The van der Waals surface area contributed by atoms with Crippen LogP contribution < -0.4 is 5.73 Å². The average Bonchev–Trinajstić information content (AvgIpc) is 2.96. The van der Waals surface area contributed by atoms with Crippen molar-refractivity contribution >= 4 is 11.7 Å². The topological polar surface area (TPSA) is 68.3 Å². The highest BCUT2D eigenvalue weighted by Crippen LogP contribution is 2.23. The molecule has 6 heteroatoms. The van der Waals surface area contributed by atoms with Gasteiger partial charge in [-0.3, -0.25) is 14.5 Å². The highest BCUT2D eigenvalue weighted by molar-refractivity contribution is 5.99. The van der Waals surface area contributed by atoms with E-state index in [0.717, 1.165) is 54.9 Å². The van der Waals surface area contributed by atoms with E-state index in [9.17, 15) is 14.0 Å². The number of hydrogen-bond donors (Lipinski definition) is 1. The number of nitrogens with two attached hydrogens (primary N) is 1. The number of aromatic nitrogens is 1. The summed E-state index contributed by atoms with van der Waals surface area (Å²) in [5.41, 5.74) is 8.99. The standard InChI is InChI=1S/C23H30FN3O2/c1-16-12-21(17(2)27(16)14-19-5-8-20(24)9-6-19)22(28)15-26-11-3-4-18(13-26)7-10-23(25)29/h5-6,8-9,12,18H,3-4,7,10-11,13-15H2,1-2H3,(H2,25,29). The second-order valence-electron chi connectivity index (χ2n) is 8.17. The summed E-state index contributed by atoms with van der Waals surface area (Å²) in [6, 6.07) is 8.42. The van der Waals surface area contributed by atoms with Crippen LogP contribution in [0.2, 0.25) is 0 Å². The van der Waals surface area contributed by atoms with Gasteiger partial charge in [0.1, 0.15) is 5.82 Å². The predicted octanol–water partition coefficient (Wildman–Crippen LogP) is 3.45. The number of halogens is 1. The number of Topliss-reactive ketones (excluding diaryl/α,β-unsaturated/α-hetero) is 1. The summed E-state index contributed by atoms with van der Waals surface area (Å²) in [4.78, 5) is 26.2. The Balaban J connectivity index is 1.65. The number of aryl methyl sites for hydroxylation is 1. The van der Waals surface area contributed by atoms with Crippen molar-refractivity contribution in [3.8, 4) is 0 Å². The Hall–Kier alpha value is -2.47. The van der Waals surface area contributed by atoms with Crippen LogP contribution in [-0.2, 0) is 11.3 Å². The lowest BCUT2D eigenvalue weighted by atomic mass is 9.93. The van der Waals surface area contributed by atoms with Crippen LogP contribution in [0, 0.1) is 25.6 Å². The summed E-state index contributed by atoms with van der Waals surface area (Å²) in [5, 5.41) is 0. The Labute approximate surface area is 171 Å². The number of benzene rings is 1. The first-order chi connectivity index (χ1) is 13.8. The predicted molar refractivity (Wildman–Crippen MR) is 111 cm³/mol. The molecule has 1 aromatic heterocycles. The largest absolute Gasteiger partial charge is 0.370 e. The van der Waals surface area contributed by atoms with Crippen molar-refractivity contribution in [2.75, 3.05) is 19.6 Å². The number of primary amides is 1. The maximum absolute atomic E-state index is 13.2. The Morgan fingerprint density at radius 3 is 2.62 bits per heavy atom. The molecule has 29 heavy (non-hydrogen) atoms. The molecular formula is C23H30FN3O2. The summed E-state index contributed by atoms with van der Waals surface area (Å²) in [5.74, 6) is 0.0435. The Bertz CT molecular complexity index is 873. The summed E-state index contributed by atoms with van der Waals surface area (Å²) < 4.78 is 15.3. The molecule has 1 aliphatic rings. The van der Waals surface area contributed by atoms with Crippen LogP contribution in [-0.4, -0.2) is 40.8 Å². The molecule has 1 aliphatic heterocycles. The molecule has 2 N–H and O–H groups in total. The lowest BCUT2D eigenvalue weighted by Crippen LogP contribution is -2.39. The highest BCUT2D eigenvalue weighted by atomic mass is 19.1. The molecule has 2 heterocycles. The minimum absolute atomic E-state index is 0.124. The van der Waals surface area contributed by atoms with E-state index < -0.39 is 0 Å². The van der Waals surface area contributed by atoms with Gasteiger partial charge in [-0.15, -0.1) is 0 Å². The molecule has 0 radical (unpaired) electrons. The van der Waals surface area contributed by atoms with Crippen LogP contribution in [0.5, 0.6) is 0 Å². The van der Waals surface area contributed by atoms with Crippen LogP contribution in [0.25, 0.3) is 0 Å². The van der Waals surface area contributed by atoms with Crippen molar-refractivity contribution in [2.45, 2.75) is 46.1 Å². The number of rotatable bonds is 8. The Morgan fingerprint density at radius 2 is 1.93 bits per heavy atom. The van der Waals surface area contributed by atoms with E-state index in [1.165, 1.54) is 12.1 Å². The molecular weight excluding hydrogens is 369 g/mol. The van der Waals surface area contributed by atoms with Crippen molar-refractivity contribution in [3.63, 3.8) is 0 Å². The van der Waals surface area contributed by atoms with E-state index in [1.807, 2.05) is 19.9 Å². The molecule has 1 fully saturated rings. The molecule has 1 unspecified atom stereocenters. The van der Waals surface area contributed by atoms with E-state index in [1.54, 1.807) is 12.1 Å². The van der Waals surface area contributed by atoms with Gasteiger partial charge in [-0.05, 0) is 69.3 Å². The van der Waals surface area contributed by atoms with E-state index in [-0.39, 0.29) is 17.5 Å². The minimum atomic E-state index is -0.258. The Morgan fingerprint density at radius 1 is 1.21 bits per heavy atom. The van der Waals surface area contributed by atoms with Gasteiger partial charge in [0.05, 0.1) is 6.54 Å². The van der Waals surface area contributed by atoms with Crippen LogP contribution >= 0.6 is 0 Å².